The summed E-state index contributed by atoms with van der Waals surface area (Å²) in [5.74, 6) is 0.210. The molecule has 0 atom stereocenters. The van der Waals surface area contributed by atoms with Gasteiger partial charge in [0.25, 0.3) is 5.91 Å². The van der Waals surface area contributed by atoms with Gasteiger partial charge in [-0.05, 0) is 49.2 Å². The van der Waals surface area contributed by atoms with Crippen molar-refractivity contribution in [1.82, 2.24) is 10.4 Å². The van der Waals surface area contributed by atoms with Crippen molar-refractivity contribution in [3.05, 3.63) is 54.6 Å². The van der Waals surface area contributed by atoms with Crippen LogP contribution < -0.4 is 10.2 Å². The van der Waals surface area contributed by atoms with E-state index in [4.69, 9.17) is 9.47 Å². The summed E-state index contributed by atoms with van der Waals surface area (Å²) in [5, 5.41) is 9.26. The van der Waals surface area contributed by atoms with Crippen molar-refractivity contribution in [1.29, 1.82) is 0 Å². The third kappa shape index (κ3) is 5.36. The minimum absolute atomic E-state index is 0. The maximum absolute atomic E-state index is 13.4. The molecule has 10 heteroatoms. The number of piperidine rings is 1. The van der Waals surface area contributed by atoms with E-state index in [9.17, 15) is 18.4 Å². The Morgan fingerprint density at radius 1 is 1.06 bits per heavy atom. The van der Waals surface area contributed by atoms with Gasteiger partial charge in [-0.25, -0.2) is 13.9 Å². The number of methoxy groups -OCH3 is 1. The fourth-order valence-corrected chi connectivity index (χ4v) is 5.57. The molecule has 0 saturated carbocycles. The standard InChI is InChI=1S/C21H26N2O6S.ClH/c1-28-16-15-23-13-11-21(12-14-23,20(24)22-25)30(26,27)19-9-7-18(8-10-19)29-17-5-3-2-4-6-17;/h2-10,25H,11-16H2,1H3,(H,22,24);1H. The van der Waals surface area contributed by atoms with Crippen LogP contribution in [-0.2, 0) is 19.4 Å². The van der Waals surface area contributed by atoms with Crippen LogP contribution in [0.15, 0.2) is 59.5 Å². The molecule has 1 aliphatic heterocycles. The summed E-state index contributed by atoms with van der Waals surface area (Å²) in [6.07, 6.45) is 0.154. The van der Waals surface area contributed by atoms with Gasteiger partial charge in [-0.3, -0.25) is 10.0 Å². The zero-order valence-electron chi connectivity index (χ0n) is 17.2. The van der Waals surface area contributed by atoms with E-state index in [1.165, 1.54) is 12.1 Å². The lowest BCUT2D eigenvalue weighted by atomic mass is 9.95. The van der Waals surface area contributed by atoms with Crippen molar-refractivity contribution < 1.29 is 27.9 Å². The number of nitrogens with one attached hydrogen (secondary N) is 1. The number of halogens is 1. The molecule has 2 aromatic rings. The third-order valence-corrected chi connectivity index (χ3v) is 7.93. The highest BCUT2D eigenvalue weighted by Crippen LogP contribution is 2.36. The Morgan fingerprint density at radius 3 is 2.19 bits per heavy atom. The minimum Gasteiger partial charge on any atom is -0.457 e. The number of nitrogens with zero attached hydrogens (tertiary/aromatic N) is 1. The van der Waals surface area contributed by atoms with Crippen LogP contribution in [0.25, 0.3) is 0 Å². The number of ether oxygens (including phenoxy) is 2. The quantitative estimate of drug-likeness (QED) is 0.451. The molecule has 170 valence electrons. The van der Waals surface area contributed by atoms with Crippen molar-refractivity contribution in [2.45, 2.75) is 22.5 Å². The zero-order valence-corrected chi connectivity index (χ0v) is 18.8. The SMILES string of the molecule is COCCN1CCC(C(=O)NO)(S(=O)(=O)c2ccc(Oc3ccccc3)cc2)CC1.Cl. The lowest BCUT2D eigenvalue weighted by Crippen LogP contribution is -2.57. The summed E-state index contributed by atoms with van der Waals surface area (Å²) >= 11 is 0. The highest BCUT2D eigenvalue weighted by Gasteiger charge is 2.52. The maximum Gasteiger partial charge on any atom is 0.265 e. The number of hydroxylamine groups is 1. The second-order valence-corrected chi connectivity index (χ2v) is 9.42. The fourth-order valence-electron chi connectivity index (χ4n) is 3.61. The molecule has 31 heavy (non-hydrogen) atoms. The van der Waals surface area contributed by atoms with Gasteiger partial charge in [0.15, 0.2) is 14.6 Å². The van der Waals surface area contributed by atoms with Gasteiger partial charge in [-0.1, -0.05) is 18.2 Å². The summed E-state index contributed by atoms with van der Waals surface area (Å²) in [7, 11) is -2.45. The Bertz CT molecular complexity index is 946. The van der Waals surface area contributed by atoms with Crippen LogP contribution in [0, 0.1) is 0 Å². The first-order valence-corrected chi connectivity index (χ1v) is 11.1. The van der Waals surface area contributed by atoms with Gasteiger partial charge in [0.2, 0.25) is 0 Å². The fraction of sp³-hybridized carbons (Fsp3) is 0.381. The molecule has 0 aromatic heterocycles. The molecule has 1 amide bonds. The topological polar surface area (TPSA) is 105 Å². The van der Waals surface area contributed by atoms with E-state index in [0.717, 1.165) is 0 Å². The van der Waals surface area contributed by atoms with E-state index in [0.29, 0.717) is 37.7 Å². The predicted octanol–water partition coefficient (Wildman–Crippen LogP) is 2.66. The number of sulfone groups is 1. The molecule has 0 bridgehead atoms. The zero-order chi connectivity index (χ0) is 21.6. The maximum atomic E-state index is 13.4. The number of amides is 1. The molecular formula is C21H27ClN2O6S. The van der Waals surface area contributed by atoms with Crippen LogP contribution in [0.1, 0.15) is 12.8 Å². The summed E-state index contributed by atoms with van der Waals surface area (Å²) in [4.78, 5) is 14.6. The van der Waals surface area contributed by atoms with Gasteiger partial charge in [-0.15, -0.1) is 12.4 Å². The number of benzene rings is 2. The number of carbonyl (C=O) groups is 1. The van der Waals surface area contributed by atoms with Crippen LogP contribution in [0.3, 0.4) is 0 Å². The molecule has 0 radical (unpaired) electrons. The van der Waals surface area contributed by atoms with Crippen LogP contribution in [0.2, 0.25) is 0 Å². The number of hydrogen-bond donors (Lipinski definition) is 2. The number of rotatable bonds is 8. The van der Waals surface area contributed by atoms with Gasteiger partial charge in [-0.2, -0.15) is 0 Å². The van der Waals surface area contributed by atoms with E-state index in [1.807, 2.05) is 23.1 Å². The van der Waals surface area contributed by atoms with Crippen molar-refractivity contribution in [2.24, 2.45) is 0 Å². The highest BCUT2D eigenvalue weighted by atomic mass is 35.5. The van der Waals surface area contributed by atoms with Gasteiger partial charge in [0.05, 0.1) is 11.5 Å². The average molecular weight is 471 g/mol. The van der Waals surface area contributed by atoms with Crippen LogP contribution in [0.4, 0.5) is 0 Å². The lowest BCUT2D eigenvalue weighted by molar-refractivity contribution is -0.133. The summed E-state index contributed by atoms with van der Waals surface area (Å²) in [5.41, 5.74) is 1.57. The molecule has 2 N–H and O–H groups in total. The van der Waals surface area contributed by atoms with Gasteiger partial charge in [0.1, 0.15) is 11.5 Å². The summed E-state index contributed by atoms with van der Waals surface area (Å²) in [6, 6.07) is 15.1. The first-order valence-electron chi connectivity index (χ1n) is 9.66. The van der Waals surface area contributed by atoms with Crippen molar-refractivity contribution >= 4 is 28.2 Å². The molecule has 2 aromatic carbocycles. The monoisotopic (exact) mass is 470 g/mol. The van der Waals surface area contributed by atoms with Gasteiger partial charge in [0, 0.05) is 26.7 Å². The Kier molecular flexibility index (Phi) is 8.84. The minimum atomic E-state index is -4.05. The Hall–Kier alpha value is -2.17. The Balaban J connectivity index is 0.00000341. The van der Waals surface area contributed by atoms with Gasteiger partial charge < -0.3 is 14.4 Å². The molecule has 0 spiro atoms. The third-order valence-electron chi connectivity index (χ3n) is 5.42. The predicted molar refractivity (Wildman–Crippen MR) is 118 cm³/mol. The normalized spacial score (nSPS) is 16.2. The van der Waals surface area contributed by atoms with E-state index in [2.05, 4.69) is 0 Å². The van der Waals surface area contributed by atoms with E-state index in [-0.39, 0.29) is 30.1 Å². The van der Waals surface area contributed by atoms with Crippen molar-refractivity contribution in [3.63, 3.8) is 0 Å². The summed E-state index contributed by atoms with van der Waals surface area (Å²) < 4.78 is 35.9. The Labute approximate surface area is 188 Å². The average Bonchev–Trinajstić information content (AvgIpc) is 2.78. The smallest absolute Gasteiger partial charge is 0.265 e. The molecule has 1 saturated heterocycles. The van der Waals surface area contributed by atoms with E-state index >= 15 is 0 Å². The number of likely N-dealkylation sites (tertiary alicyclic amines) is 1. The molecule has 0 aliphatic carbocycles. The molecule has 0 unspecified atom stereocenters. The van der Waals surface area contributed by atoms with Crippen LogP contribution in [-0.4, -0.2) is 62.5 Å². The summed E-state index contributed by atoms with van der Waals surface area (Å²) in [6.45, 7) is 1.99. The number of para-hydroxylation sites is 1. The molecule has 8 nitrogen and oxygen atoms in total. The Morgan fingerprint density at radius 2 is 1.65 bits per heavy atom. The number of hydrogen-bond acceptors (Lipinski definition) is 7. The molecular weight excluding hydrogens is 444 g/mol. The van der Waals surface area contributed by atoms with Crippen molar-refractivity contribution in [3.8, 4) is 11.5 Å². The van der Waals surface area contributed by atoms with E-state index < -0.39 is 20.5 Å². The lowest BCUT2D eigenvalue weighted by Gasteiger charge is -2.39. The van der Waals surface area contributed by atoms with Crippen LogP contribution in [0.5, 0.6) is 11.5 Å². The molecule has 1 aliphatic rings. The molecule has 1 heterocycles. The van der Waals surface area contributed by atoms with Gasteiger partial charge >= 0.3 is 0 Å². The second-order valence-electron chi connectivity index (χ2n) is 7.16. The second kappa shape index (κ2) is 10.9. The van der Waals surface area contributed by atoms with E-state index in [1.54, 1.807) is 36.9 Å². The largest absolute Gasteiger partial charge is 0.457 e. The van der Waals surface area contributed by atoms with Crippen molar-refractivity contribution in [2.75, 3.05) is 33.4 Å². The highest BCUT2D eigenvalue weighted by molar-refractivity contribution is 7.93. The molecule has 3 rings (SSSR count). The first-order chi connectivity index (χ1) is 14.4. The number of carbonyl (C=O) groups excluding carboxylic acids is 1. The first kappa shape index (κ1) is 25.1. The van der Waals surface area contributed by atoms with Crippen LogP contribution >= 0.6 is 12.4 Å². The molecule has 1 fully saturated rings.